The van der Waals surface area contributed by atoms with E-state index in [0.29, 0.717) is 22.2 Å². The summed E-state index contributed by atoms with van der Waals surface area (Å²) in [5.41, 5.74) is 1.24. The molecule has 2 heterocycles. The highest BCUT2D eigenvalue weighted by atomic mass is 19.3. The van der Waals surface area contributed by atoms with Gasteiger partial charge in [-0.25, -0.2) is 8.78 Å². The van der Waals surface area contributed by atoms with Gasteiger partial charge in [-0.15, -0.1) is 0 Å². The third-order valence-electron chi connectivity index (χ3n) is 3.97. The Balaban J connectivity index is 2.09. The van der Waals surface area contributed by atoms with E-state index in [2.05, 4.69) is 4.98 Å². The molecule has 1 unspecified atom stereocenters. The Hall–Kier alpha value is -2.75. The summed E-state index contributed by atoms with van der Waals surface area (Å²) in [4.78, 5) is 16.7. The normalized spacial score (nSPS) is 20.2. The largest absolute Gasteiger partial charge is 0.481 e. The molecule has 1 atom stereocenters. The van der Waals surface area contributed by atoms with Crippen molar-refractivity contribution in [3.63, 3.8) is 0 Å². The van der Waals surface area contributed by atoms with Crippen LogP contribution in [0.3, 0.4) is 0 Å². The summed E-state index contributed by atoms with van der Waals surface area (Å²) in [5.74, 6) is -5.45. The van der Waals surface area contributed by atoms with Gasteiger partial charge in [-0.2, -0.15) is 5.26 Å². The first kappa shape index (κ1) is 15.2. The fraction of sp³-hybridized carbons (Fsp3) is 0.312. The molecule has 0 amide bonds. The number of carboxylic acid groups (broad SMARTS) is 1. The number of pyridine rings is 1. The van der Waals surface area contributed by atoms with E-state index >= 15 is 0 Å². The topological polar surface area (TPSA) is 77.2 Å². The number of carboxylic acids is 1. The van der Waals surface area contributed by atoms with Crippen molar-refractivity contribution >= 4 is 22.6 Å². The zero-order valence-corrected chi connectivity index (χ0v) is 12.0. The number of alkyl halides is 2. The fourth-order valence-corrected chi connectivity index (χ4v) is 2.97. The van der Waals surface area contributed by atoms with Crippen molar-refractivity contribution < 1.29 is 18.7 Å². The van der Waals surface area contributed by atoms with E-state index in [9.17, 15) is 13.6 Å². The van der Waals surface area contributed by atoms with Crippen LogP contribution in [0.15, 0.2) is 30.5 Å². The van der Waals surface area contributed by atoms with Gasteiger partial charge in [0.25, 0.3) is 5.92 Å². The minimum Gasteiger partial charge on any atom is -0.481 e. The summed E-state index contributed by atoms with van der Waals surface area (Å²) in [6.07, 6.45) is 0.864. The van der Waals surface area contributed by atoms with Gasteiger partial charge in [-0.3, -0.25) is 9.78 Å². The number of anilines is 1. The lowest BCUT2D eigenvalue weighted by atomic mass is 9.94. The molecule has 1 fully saturated rings. The first-order valence-corrected chi connectivity index (χ1v) is 7.05. The Morgan fingerprint density at radius 1 is 1.43 bits per heavy atom. The second-order valence-corrected chi connectivity index (χ2v) is 5.62. The second-order valence-electron chi connectivity index (χ2n) is 5.62. The van der Waals surface area contributed by atoms with E-state index in [1.807, 2.05) is 6.07 Å². The summed E-state index contributed by atoms with van der Waals surface area (Å²) in [6, 6.07) is 8.47. The first-order chi connectivity index (χ1) is 10.9. The van der Waals surface area contributed by atoms with Crippen molar-refractivity contribution in [3.05, 3.63) is 36.0 Å². The van der Waals surface area contributed by atoms with Gasteiger partial charge in [0.2, 0.25) is 0 Å². The third-order valence-corrected chi connectivity index (χ3v) is 3.97. The molecule has 1 aliphatic heterocycles. The van der Waals surface area contributed by atoms with Crippen molar-refractivity contribution in [3.8, 4) is 6.07 Å². The summed E-state index contributed by atoms with van der Waals surface area (Å²) in [6.45, 7) is -0.548. The van der Waals surface area contributed by atoms with E-state index in [0.717, 1.165) is 0 Å². The average molecular weight is 317 g/mol. The highest BCUT2D eigenvalue weighted by molar-refractivity contribution is 5.95. The van der Waals surface area contributed by atoms with Gasteiger partial charge in [0.1, 0.15) is 6.07 Å². The van der Waals surface area contributed by atoms with Gasteiger partial charge in [0, 0.05) is 30.2 Å². The van der Waals surface area contributed by atoms with Gasteiger partial charge >= 0.3 is 5.97 Å². The van der Waals surface area contributed by atoms with Crippen LogP contribution in [-0.2, 0) is 4.79 Å². The third kappa shape index (κ3) is 2.80. The molecule has 0 saturated carbocycles. The van der Waals surface area contributed by atoms with E-state index < -0.39 is 30.8 Å². The number of hydrogen-bond donors (Lipinski definition) is 1. The van der Waals surface area contributed by atoms with Crippen LogP contribution in [0.4, 0.5) is 14.5 Å². The van der Waals surface area contributed by atoms with Crippen LogP contribution < -0.4 is 4.90 Å². The number of fused-ring (bicyclic) bond motifs is 1. The van der Waals surface area contributed by atoms with Gasteiger partial charge < -0.3 is 10.0 Å². The lowest BCUT2D eigenvalue weighted by molar-refractivity contribution is -0.146. The van der Waals surface area contributed by atoms with Crippen LogP contribution in [-0.4, -0.2) is 35.1 Å². The molecule has 3 rings (SSSR count). The van der Waals surface area contributed by atoms with Crippen molar-refractivity contribution in [1.82, 2.24) is 4.98 Å². The predicted octanol–water partition coefficient (Wildman–Crippen LogP) is 2.65. The quantitative estimate of drug-likeness (QED) is 0.921. The average Bonchev–Trinajstić information content (AvgIpc) is 2.52. The van der Waals surface area contributed by atoms with E-state index in [-0.39, 0.29) is 6.54 Å². The summed E-state index contributed by atoms with van der Waals surface area (Å²) in [7, 11) is 0. The van der Waals surface area contributed by atoms with Gasteiger partial charge in [0.15, 0.2) is 0 Å². The molecular formula is C16H13F2N3O2. The Morgan fingerprint density at radius 3 is 2.91 bits per heavy atom. The lowest BCUT2D eigenvalue weighted by Gasteiger charge is -2.37. The minimum atomic E-state index is -3.08. The van der Waals surface area contributed by atoms with Crippen molar-refractivity contribution in [2.45, 2.75) is 12.3 Å². The van der Waals surface area contributed by atoms with Crippen LogP contribution in [0.1, 0.15) is 12.0 Å². The van der Waals surface area contributed by atoms with Crippen molar-refractivity contribution in [2.75, 3.05) is 18.0 Å². The van der Waals surface area contributed by atoms with Crippen LogP contribution in [0, 0.1) is 17.2 Å². The van der Waals surface area contributed by atoms with Crippen LogP contribution >= 0.6 is 0 Å². The predicted molar refractivity (Wildman–Crippen MR) is 79.4 cm³/mol. The number of aromatic nitrogens is 1. The number of piperidine rings is 1. The molecule has 1 saturated heterocycles. The Bertz CT molecular complexity index is 817. The molecule has 1 aromatic carbocycles. The number of benzene rings is 1. The molecule has 0 radical (unpaired) electrons. The van der Waals surface area contributed by atoms with Crippen molar-refractivity contribution in [2.24, 2.45) is 5.92 Å². The van der Waals surface area contributed by atoms with E-state index in [1.165, 1.54) is 17.2 Å². The monoisotopic (exact) mass is 317 g/mol. The van der Waals surface area contributed by atoms with Crippen LogP contribution in [0.5, 0.6) is 0 Å². The fourth-order valence-electron chi connectivity index (χ4n) is 2.97. The molecule has 1 N–H and O–H groups in total. The Kier molecular flexibility index (Phi) is 3.60. The van der Waals surface area contributed by atoms with Gasteiger partial charge in [-0.05, 0) is 24.3 Å². The molecule has 0 aliphatic carbocycles. The summed E-state index contributed by atoms with van der Waals surface area (Å²) in [5, 5.41) is 18.8. The first-order valence-electron chi connectivity index (χ1n) is 7.05. The summed E-state index contributed by atoms with van der Waals surface area (Å²) >= 11 is 0. The van der Waals surface area contributed by atoms with Crippen LogP contribution in [0.2, 0.25) is 0 Å². The molecular weight excluding hydrogens is 304 g/mol. The molecule has 2 aromatic rings. The Morgan fingerprint density at radius 2 is 2.22 bits per heavy atom. The number of aliphatic carboxylic acids is 1. The van der Waals surface area contributed by atoms with E-state index in [1.54, 1.807) is 18.2 Å². The number of halogens is 2. The van der Waals surface area contributed by atoms with Gasteiger partial charge in [0.05, 0.1) is 23.5 Å². The Labute approximate surface area is 130 Å². The number of hydrogen-bond acceptors (Lipinski definition) is 4. The van der Waals surface area contributed by atoms with E-state index in [4.69, 9.17) is 10.4 Å². The molecule has 0 spiro atoms. The highest BCUT2D eigenvalue weighted by Gasteiger charge is 2.43. The number of rotatable bonds is 2. The molecule has 0 bridgehead atoms. The summed E-state index contributed by atoms with van der Waals surface area (Å²) < 4.78 is 27.8. The maximum Gasteiger partial charge on any atom is 0.308 e. The molecule has 1 aromatic heterocycles. The van der Waals surface area contributed by atoms with Gasteiger partial charge in [-0.1, -0.05) is 0 Å². The molecule has 1 aliphatic rings. The SMILES string of the molecule is N#Cc1ccc(N2CC(C(=O)O)CC(F)(F)C2)c2cccnc12. The maximum atomic E-state index is 13.9. The second kappa shape index (κ2) is 5.47. The molecule has 23 heavy (non-hydrogen) atoms. The molecule has 5 nitrogen and oxygen atoms in total. The smallest absolute Gasteiger partial charge is 0.308 e. The zero-order chi connectivity index (χ0) is 16.6. The number of nitrogens with zero attached hydrogens (tertiary/aromatic N) is 3. The van der Waals surface area contributed by atoms with Crippen LogP contribution in [0.25, 0.3) is 10.9 Å². The maximum absolute atomic E-state index is 13.9. The number of carbonyl (C=O) groups is 1. The number of nitriles is 1. The highest BCUT2D eigenvalue weighted by Crippen LogP contribution is 2.36. The minimum absolute atomic E-state index is 0.000811. The molecule has 7 heteroatoms. The lowest BCUT2D eigenvalue weighted by Crippen LogP contribution is -2.49. The van der Waals surface area contributed by atoms with Crippen molar-refractivity contribution in [1.29, 1.82) is 5.26 Å². The zero-order valence-electron chi connectivity index (χ0n) is 12.0. The molecule has 118 valence electrons. The standard InChI is InChI=1S/C16H13F2N3O2/c17-16(18)6-11(15(22)23)8-21(9-16)13-4-3-10(7-19)14-12(13)2-1-5-20-14/h1-5,11H,6,8-9H2,(H,22,23).